The summed E-state index contributed by atoms with van der Waals surface area (Å²) in [4.78, 5) is 26.6. The van der Waals surface area contributed by atoms with E-state index in [2.05, 4.69) is 5.32 Å². The van der Waals surface area contributed by atoms with Gasteiger partial charge in [0.25, 0.3) is 5.91 Å². The molecule has 0 saturated carbocycles. The van der Waals surface area contributed by atoms with Gasteiger partial charge in [0.2, 0.25) is 0 Å². The van der Waals surface area contributed by atoms with E-state index in [0.29, 0.717) is 22.8 Å². The first kappa shape index (κ1) is 20.2. The van der Waals surface area contributed by atoms with Crippen LogP contribution >= 0.6 is 11.6 Å². The largest absolute Gasteiger partial charge is 0.491 e. The van der Waals surface area contributed by atoms with E-state index in [9.17, 15) is 14.7 Å². The Morgan fingerprint density at radius 2 is 1.79 bits per heavy atom. The lowest BCUT2D eigenvalue weighted by Crippen LogP contribution is -2.44. The van der Waals surface area contributed by atoms with Crippen molar-refractivity contribution in [2.24, 2.45) is 0 Å². The van der Waals surface area contributed by atoms with Crippen LogP contribution in [0.3, 0.4) is 0 Å². The molecule has 2 aromatic carbocycles. The molecule has 6 nitrogen and oxygen atoms in total. The maximum Gasteiger partial charge on any atom is 0.325 e. The fraction of sp³-hybridized carbons (Fsp3) is 0.333. The Morgan fingerprint density at radius 1 is 1.14 bits per heavy atom. The number of nitrogens with one attached hydrogen (secondary N) is 1. The predicted molar refractivity (Wildman–Crippen MR) is 106 cm³/mol. The first-order valence-corrected chi connectivity index (χ1v) is 9.51. The monoisotopic (exact) mass is 402 g/mol. The van der Waals surface area contributed by atoms with Crippen LogP contribution in [0.1, 0.15) is 24.5 Å². The zero-order valence-corrected chi connectivity index (χ0v) is 16.6. The second-order valence-corrected chi connectivity index (χ2v) is 7.33. The molecule has 7 heteroatoms. The molecule has 2 aromatic rings. The zero-order chi connectivity index (χ0) is 20.3. The Bertz CT molecular complexity index is 854. The molecule has 3 rings (SSSR count). The summed E-state index contributed by atoms with van der Waals surface area (Å²) in [6.07, 6.45) is -0.625. The van der Waals surface area contributed by atoms with Gasteiger partial charge in [0, 0.05) is 5.02 Å². The van der Waals surface area contributed by atoms with Crippen molar-refractivity contribution >= 4 is 23.5 Å². The number of imide groups is 1. The number of ether oxygens (including phenoxy) is 1. The molecule has 148 valence electrons. The highest BCUT2D eigenvalue weighted by atomic mass is 35.5. The summed E-state index contributed by atoms with van der Waals surface area (Å²) in [6, 6.07) is 13.7. The van der Waals surface area contributed by atoms with Gasteiger partial charge >= 0.3 is 6.03 Å². The normalized spacial score (nSPS) is 20.2. The van der Waals surface area contributed by atoms with Gasteiger partial charge < -0.3 is 15.2 Å². The van der Waals surface area contributed by atoms with Crippen molar-refractivity contribution in [3.8, 4) is 5.75 Å². The smallest absolute Gasteiger partial charge is 0.325 e. The molecule has 1 heterocycles. The van der Waals surface area contributed by atoms with Gasteiger partial charge in [-0.05, 0) is 43.2 Å². The van der Waals surface area contributed by atoms with Gasteiger partial charge in [-0.15, -0.1) is 0 Å². The number of urea groups is 1. The van der Waals surface area contributed by atoms with Gasteiger partial charge in [0.15, 0.2) is 0 Å². The molecule has 0 spiro atoms. The first-order valence-electron chi connectivity index (χ1n) is 9.13. The molecule has 3 amide bonds. The van der Waals surface area contributed by atoms with Crippen LogP contribution in [0, 0.1) is 6.92 Å². The molecule has 2 unspecified atom stereocenters. The Balaban J connectivity index is 1.68. The molecule has 0 aliphatic carbocycles. The second kappa shape index (κ2) is 8.20. The van der Waals surface area contributed by atoms with Crippen molar-refractivity contribution in [3.63, 3.8) is 0 Å². The molecule has 1 aliphatic heterocycles. The van der Waals surface area contributed by atoms with E-state index in [1.165, 1.54) is 0 Å². The summed E-state index contributed by atoms with van der Waals surface area (Å²) in [5.41, 5.74) is 0.607. The van der Waals surface area contributed by atoms with E-state index < -0.39 is 23.6 Å². The minimum Gasteiger partial charge on any atom is -0.491 e. The van der Waals surface area contributed by atoms with Crippen LogP contribution in [0.2, 0.25) is 5.02 Å². The quantitative estimate of drug-likeness (QED) is 0.697. The van der Waals surface area contributed by atoms with Gasteiger partial charge in [-0.3, -0.25) is 9.69 Å². The lowest BCUT2D eigenvalue weighted by Gasteiger charge is -2.26. The Hall–Kier alpha value is -2.57. The van der Waals surface area contributed by atoms with E-state index in [4.69, 9.17) is 16.3 Å². The van der Waals surface area contributed by atoms with E-state index in [0.717, 1.165) is 10.5 Å². The molecule has 0 radical (unpaired) electrons. The standard InChI is InChI=1S/C21H23ClN2O4/c1-3-21(15-6-8-16(22)9-7-15)19(26)24(20(27)23-21)12-17(25)13-28-18-10-4-14(2)5-11-18/h4-11,17,25H,3,12-13H2,1-2H3,(H,23,27). The average molecular weight is 403 g/mol. The zero-order valence-electron chi connectivity index (χ0n) is 15.8. The minimum atomic E-state index is -1.15. The Morgan fingerprint density at radius 3 is 2.39 bits per heavy atom. The van der Waals surface area contributed by atoms with E-state index in [1.807, 2.05) is 26.0 Å². The van der Waals surface area contributed by atoms with Crippen molar-refractivity contribution in [1.29, 1.82) is 0 Å². The SMILES string of the molecule is CCC1(c2ccc(Cl)cc2)NC(=O)N(CC(O)COc2ccc(C)cc2)C1=O. The van der Waals surface area contributed by atoms with Crippen molar-refractivity contribution in [2.45, 2.75) is 31.9 Å². The van der Waals surface area contributed by atoms with Crippen LogP contribution in [-0.4, -0.2) is 41.2 Å². The molecule has 28 heavy (non-hydrogen) atoms. The molecular formula is C21H23ClN2O4. The number of nitrogens with zero attached hydrogens (tertiary/aromatic N) is 1. The van der Waals surface area contributed by atoms with Crippen LogP contribution in [0.15, 0.2) is 48.5 Å². The predicted octanol–water partition coefficient (Wildman–Crippen LogP) is 3.25. The Kier molecular flexibility index (Phi) is 5.91. The molecule has 2 atom stereocenters. The summed E-state index contributed by atoms with van der Waals surface area (Å²) >= 11 is 5.93. The van der Waals surface area contributed by atoms with Crippen molar-refractivity contribution in [2.75, 3.05) is 13.2 Å². The third kappa shape index (κ3) is 3.98. The molecule has 0 bridgehead atoms. The van der Waals surface area contributed by atoms with Crippen LogP contribution in [0.5, 0.6) is 5.75 Å². The highest BCUT2D eigenvalue weighted by Gasteiger charge is 2.51. The maximum absolute atomic E-state index is 13.1. The number of benzene rings is 2. The number of rotatable bonds is 7. The minimum absolute atomic E-state index is 0.0276. The number of β-amino-alcohol motifs (C(OH)–C–C–N with tert-alkyl or cyclic N) is 1. The second-order valence-electron chi connectivity index (χ2n) is 6.89. The van der Waals surface area contributed by atoms with E-state index in [1.54, 1.807) is 36.4 Å². The highest BCUT2D eigenvalue weighted by Crippen LogP contribution is 2.33. The number of halogens is 1. The van der Waals surface area contributed by atoms with Crippen LogP contribution < -0.4 is 10.1 Å². The van der Waals surface area contributed by atoms with Gasteiger partial charge in [-0.25, -0.2) is 4.79 Å². The summed E-state index contributed by atoms with van der Waals surface area (Å²) in [7, 11) is 0. The van der Waals surface area contributed by atoms with E-state index >= 15 is 0 Å². The molecular weight excluding hydrogens is 380 g/mol. The van der Waals surface area contributed by atoms with Crippen molar-refractivity contribution < 1.29 is 19.4 Å². The average Bonchev–Trinajstić information content (AvgIpc) is 2.93. The van der Waals surface area contributed by atoms with Gasteiger partial charge in [0.1, 0.15) is 24.0 Å². The van der Waals surface area contributed by atoms with Crippen molar-refractivity contribution in [1.82, 2.24) is 10.2 Å². The van der Waals surface area contributed by atoms with E-state index in [-0.39, 0.29) is 13.2 Å². The van der Waals surface area contributed by atoms with Gasteiger partial charge in [0.05, 0.1) is 6.54 Å². The first-order chi connectivity index (χ1) is 13.4. The molecule has 1 aliphatic rings. The number of aryl methyl sites for hydroxylation is 1. The summed E-state index contributed by atoms with van der Waals surface area (Å²) < 4.78 is 5.55. The van der Waals surface area contributed by atoms with Crippen LogP contribution in [-0.2, 0) is 10.3 Å². The summed E-state index contributed by atoms with van der Waals surface area (Å²) in [5, 5.41) is 13.6. The number of carbonyl (C=O) groups excluding carboxylic acids is 2. The number of aliphatic hydroxyl groups is 1. The third-order valence-corrected chi connectivity index (χ3v) is 5.15. The number of aliphatic hydroxyl groups excluding tert-OH is 1. The third-order valence-electron chi connectivity index (χ3n) is 4.90. The van der Waals surface area contributed by atoms with Crippen LogP contribution in [0.25, 0.3) is 0 Å². The number of amides is 3. The maximum atomic E-state index is 13.1. The number of carbonyl (C=O) groups is 2. The molecule has 1 saturated heterocycles. The highest BCUT2D eigenvalue weighted by molar-refractivity contribution is 6.30. The number of hydrogen-bond acceptors (Lipinski definition) is 4. The lowest BCUT2D eigenvalue weighted by atomic mass is 9.87. The summed E-state index contributed by atoms with van der Waals surface area (Å²) in [6.45, 7) is 3.62. The van der Waals surface area contributed by atoms with Crippen LogP contribution in [0.4, 0.5) is 4.79 Å². The summed E-state index contributed by atoms with van der Waals surface area (Å²) in [5.74, 6) is 0.225. The molecule has 1 fully saturated rings. The molecule has 2 N–H and O–H groups in total. The fourth-order valence-electron chi connectivity index (χ4n) is 3.26. The van der Waals surface area contributed by atoms with Gasteiger partial charge in [-0.2, -0.15) is 0 Å². The Labute approximate surface area is 169 Å². The fourth-order valence-corrected chi connectivity index (χ4v) is 3.38. The molecule has 0 aromatic heterocycles. The van der Waals surface area contributed by atoms with Crippen molar-refractivity contribution in [3.05, 3.63) is 64.7 Å². The lowest BCUT2D eigenvalue weighted by molar-refractivity contribution is -0.132. The number of hydrogen-bond donors (Lipinski definition) is 2. The topological polar surface area (TPSA) is 78.9 Å². The van der Waals surface area contributed by atoms with Gasteiger partial charge in [-0.1, -0.05) is 48.4 Å².